The molecule has 1 aromatic heterocycles. The van der Waals surface area contributed by atoms with Crippen LogP contribution in [-0.2, 0) is 6.54 Å². The monoisotopic (exact) mass is 377 g/mol. The van der Waals surface area contributed by atoms with Crippen molar-refractivity contribution in [1.29, 1.82) is 5.26 Å². The van der Waals surface area contributed by atoms with Crippen molar-refractivity contribution < 1.29 is 0 Å². The summed E-state index contributed by atoms with van der Waals surface area (Å²) in [6, 6.07) is 29.1. The Labute approximate surface area is 171 Å². The van der Waals surface area contributed by atoms with Crippen molar-refractivity contribution in [2.75, 3.05) is 0 Å². The molecule has 0 fully saturated rings. The maximum atomic E-state index is 9.93. The minimum Gasteiger partial charge on any atom is -0.319 e. The van der Waals surface area contributed by atoms with E-state index in [9.17, 15) is 5.26 Å². The number of hydrogen-bond acceptors (Lipinski definition) is 2. The van der Waals surface area contributed by atoms with Gasteiger partial charge in [-0.2, -0.15) is 5.26 Å². The third-order valence-electron chi connectivity index (χ3n) is 5.11. The van der Waals surface area contributed by atoms with Crippen LogP contribution in [0.25, 0.3) is 22.7 Å². The second kappa shape index (κ2) is 8.16. The Kier molecular flexibility index (Phi) is 5.27. The molecule has 3 nitrogen and oxygen atoms in total. The minimum absolute atomic E-state index is 0.485. The summed E-state index contributed by atoms with van der Waals surface area (Å²) in [5.41, 5.74) is 5.96. The van der Waals surface area contributed by atoms with Gasteiger partial charge < -0.3 is 4.57 Å². The van der Waals surface area contributed by atoms with Crippen LogP contribution in [0.2, 0.25) is 0 Å². The summed E-state index contributed by atoms with van der Waals surface area (Å²) in [7, 11) is 0. The number of nitrogens with zero attached hydrogens (tertiary/aromatic N) is 3. The van der Waals surface area contributed by atoms with Crippen LogP contribution in [-0.4, -0.2) is 9.55 Å². The topological polar surface area (TPSA) is 41.6 Å². The van der Waals surface area contributed by atoms with Gasteiger partial charge in [-0.05, 0) is 40.8 Å². The van der Waals surface area contributed by atoms with Gasteiger partial charge in [-0.3, -0.25) is 0 Å². The third kappa shape index (κ3) is 3.97. The lowest BCUT2D eigenvalue weighted by molar-refractivity contribution is 0.811. The molecule has 1 heterocycles. The van der Waals surface area contributed by atoms with Crippen LogP contribution < -0.4 is 0 Å². The quantitative estimate of drug-likeness (QED) is 0.385. The number of hydrogen-bond donors (Lipinski definition) is 0. The smallest absolute Gasteiger partial charge is 0.152 e. The predicted octanol–water partition coefficient (Wildman–Crippen LogP) is 6.27. The largest absolute Gasteiger partial charge is 0.319 e. The van der Waals surface area contributed by atoms with E-state index in [-0.39, 0.29) is 0 Å². The zero-order chi connectivity index (χ0) is 20.2. The van der Waals surface area contributed by atoms with Crippen LogP contribution in [0.5, 0.6) is 0 Å². The number of rotatable bonds is 5. The summed E-state index contributed by atoms with van der Waals surface area (Å²) in [5, 5.41) is 9.93. The highest BCUT2D eigenvalue weighted by atomic mass is 15.1. The van der Waals surface area contributed by atoms with E-state index >= 15 is 0 Å². The van der Waals surface area contributed by atoms with Gasteiger partial charge in [0.2, 0.25) is 0 Å². The fourth-order valence-corrected chi connectivity index (χ4v) is 3.50. The van der Waals surface area contributed by atoms with Gasteiger partial charge >= 0.3 is 0 Å². The molecule has 0 radical (unpaired) electrons. The number of fused-ring (bicyclic) bond motifs is 1. The van der Waals surface area contributed by atoms with Crippen molar-refractivity contribution in [2.24, 2.45) is 0 Å². The number of benzene rings is 3. The Morgan fingerprint density at radius 3 is 2.34 bits per heavy atom. The summed E-state index contributed by atoms with van der Waals surface area (Å²) < 4.78 is 2.13. The molecule has 0 amide bonds. The SMILES string of the molecule is CC(C)c1ccc(C=C(C#N)c2nc3ccccc3n2Cc2ccccc2)cc1. The van der Waals surface area contributed by atoms with E-state index in [1.807, 2.05) is 42.5 Å². The fourth-order valence-electron chi connectivity index (χ4n) is 3.50. The Morgan fingerprint density at radius 2 is 1.66 bits per heavy atom. The van der Waals surface area contributed by atoms with Crippen LogP contribution in [0, 0.1) is 11.3 Å². The standard InChI is InChI=1S/C26H23N3/c1-19(2)22-14-12-20(13-15-22)16-23(17-27)26-28-24-10-6-7-11-25(24)29(26)18-21-8-4-3-5-9-21/h3-16,19H,18H2,1-2H3. The second-order valence-corrected chi connectivity index (χ2v) is 7.49. The van der Waals surface area contributed by atoms with Gasteiger partial charge in [0.1, 0.15) is 6.07 Å². The molecule has 3 heteroatoms. The normalized spacial score (nSPS) is 11.7. The van der Waals surface area contributed by atoms with Gasteiger partial charge in [0.25, 0.3) is 0 Å². The van der Waals surface area contributed by atoms with Gasteiger partial charge in [0, 0.05) is 6.54 Å². The third-order valence-corrected chi connectivity index (χ3v) is 5.11. The summed E-state index contributed by atoms with van der Waals surface area (Å²) in [4.78, 5) is 4.79. The Morgan fingerprint density at radius 1 is 0.966 bits per heavy atom. The molecular weight excluding hydrogens is 354 g/mol. The molecule has 0 aliphatic carbocycles. The zero-order valence-electron chi connectivity index (χ0n) is 16.7. The number of aromatic nitrogens is 2. The van der Waals surface area contributed by atoms with E-state index in [1.165, 1.54) is 11.1 Å². The maximum Gasteiger partial charge on any atom is 0.152 e. The Bertz CT molecular complexity index is 1190. The molecule has 0 spiro atoms. The highest BCUT2D eigenvalue weighted by Crippen LogP contribution is 2.25. The number of imidazole rings is 1. The summed E-state index contributed by atoms with van der Waals surface area (Å²) >= 11 is 0. The number of para-hydroxylation sites is 2. The predicted molar refractivity (Wildman–Crippen MR) is 119 cm³/mol. The van der Waals surface area contributed by atoms with Crippen LogP contribution in [0.3, 0.4) is 0 Å². The second-order valence-electron chi connectivity index (χ2n) is 7.49. The van der Waals surface area contributed by atoms with Crippen LogP contribution in [0.15, 0.2) is 78.9 Å². The van der Waals surface area contributed by atoms with Crippen molar-refractivity contribution in [2.45, 2.75) is 26.3 Å². The lowest BCUT2D eigenvalue weighted by atomic mass is 10.0. The average molecular weight is 377 g/mol. The van der Waals surface area contributed by atoms with Crippen molar-refractivity contribution >= 4 is 22.7 Å². The molecule has 0 atom stereocenters. The van der Waals surface area contributed by atoms with Gasteiger partial charge in [0.05, 0.1) is 16.6 Å². The van der Waals surface area contributed by atoms with Crippen molar-refractivity contribution in [3.8, 4) is 6.07 Å². The molecule has 0 aliphatic rings. The Balaban J connectivity index is 1.80. The first-order chi connectivity index (χ1) is 14.2. The molecule has 29 heavy (non-hydrogen) atoms. The summed E-state index contributed by atoms with van der Waals surface area (Å²) in [6.07, 6.45) is 1.92. The van der Waals surface area contributed by atoms with E-state index in [0.29, 0.717) is 23.9 Å². The molecular formula is C26H23N3. The first-order valence-corrected chi connectivity index (χ1v) is 9.87. The fraction of sp³-hybridized carbons (Fsp3) is 0.154. The summed E-state index contributed by atoms with van der Waals surface area (Å²) in [5.74, 6) is 1.18. The lowest BCUT2D eigenvalue weighted by Gasteiger charge is -2.09. The van der Waals surface area contributed by atoms with E-state index in [4.69, 9.17) is 4.98 Å². The van der Waals surface area contributed by atoms with Gasteiger partial charge in [-0.1, -0.05) is 80.6 Å². The van der Waals surface area contributed by atoms with Crippen LogP contribution in [0.4, 0.5) is 0 Å². The molecule has 0 unspecified atom stereocenters. The molecule has 0 saturated heterocycles. The minimum atomic E-state index is 0.485. The van der Waals surface area contributed by atoms with E-state index < -0.39 is 0 Å². The van der Waals surface area contributed by atoms with Crippen LogP contribution in [0.1, 0.15) is 42.3 Å². The first-order valence-electron chi connectivity index (χ1n) is 9.87. The van der Waals surface area contributed by atoms with Crippen molar-refractivity contribution in [3.05, 3.63) is 101 Å². The number of allylic oxidation sites excluding steroid dienone is 1. The molecule has 142 valence electrons. The molecule has 4 rings (SSSR count). The van der Waals surface area contributed by atoms with Gasteiger partial charge in [0.15, 0.2) is 5.82 Å². The average Bonchev–Trinajstić information content (AvgIpc) is 3.11. The summed E-state index contributed by atoms with van der Waals surface area (Å²) in [6.45, 7) is 5.02. The van der Waals surface area contributed by atoms with E-state index in [2.05, 4.69) is 66.9 Å². The van der Waals surface area contributed by atoms with E-state index in [1.54, 1.807) is 0 Å². The van der Waals surface area contributed by atoms with Gasteiger partial charge in [-0.25, -0.2) is 4.98 Å². The van der Waals surface area contributed by atoms with Crippen molar-refractivity contribution in [1.82, 2.24) is 9.55 Å². The molecule has 0 saturated carbocycles. The van der Waals surface area contributed by atoms with Crippen molar-refractivity contribution in [3.63, 3.8) is 0 Å². The molecule has 3 aromatic carbocycles. The first kappa shape index (κ1) is 18.7. The Hall–Kier alpha value is -3.64. The molecule has 0 bridgehead atoms. The highest BCUT2D eigenvalue weighted by molar-refractivity contribution is 5.91. The van der Waals surface area contributed by atoms with Crippen LogP contribution >= 0.6 is 0 Å². The maximum absolute atomic E-state index is 9.93. The number of nitriles is 1. The highest BCUT2D eigenvalue weighted by Gasteiger charge is 2.15. The zero-order valence-corrected chi connectivity index (χ0v) is 16.7. The molecule has 4 aromatic rings. The molecule has 0 N–H and O–H groups in total. The van der Waals surface area contributed by atoms with E-state index in [0.717, 1.165) is 16.6 Å². The van der Waals surface area contributed by atoms with Gasteiger partial charge in [-0.15, -0.1) is 0 Å². The molecule has 0 aliphatic heterocycles. The lowest BCUT2D eigenvalue weighted by Crippen LogP contribution is -2.04.